The van der Waals surface area contributed by atoms with Crippen LogP contribution in [0.2, 0.25) is 0 Å². The van der Waals surface area contributed by atoms with Gasteiger partial charge in [-0.2, -0.15) is 0 Å². The third kappa shape index (κ3) is 5.32. The molecule has 0 radical (unpaired) electrons. The Hall–Kier alpha value is -0.260. The standard InChI is InChI=1S/C14H26N2O2S/c17-13-5-3-1-2-4-12(13)16-14(18)10-19-11-6-8-15-9-7-11/h11-13,15,17H,1-10H2,(H,16,18). The van der Waals surface area contributed by atoms with Gasteiger partial charge in [-0.05, 0) is 38.8 Å². The van der Waals surface area contributed by atoms with Gasteiger partial charge < -0.3 is 15.7 Å². The highest BCUT2D eigenvalue weighted by molar-refractivity contribution is 8.00. The minimum Gasteiger partial charge on any atom is -0.391 e. The Kier molecular flexibility index (Phi) is 6.47. The molecule has 1 saturated carbocycles. The van der Waals surface area contributed by atoms with E-state index in [1.54, 1.807) is 11.8 Å². The molecule has 0 aromatic rings. The van der Waals surface area contributed by atoms with Crippen molar-refractivity contribution in [3.8, 4) is 0 Å². The number of nitrogens with one attached hydrogen (secondary N) is 2. The second-order valence-electron chi connectivity index (χ2n) is 5.64. The van der Waals surface area contributed by atoms with Crippen molar-refractivity contribution in [3.63, 3.8) is 0 Å². The summed E-state index contributed by atoms with van der Waals surface area (Å²) in [6.07, 6.45) is 7.08. The van der Waals surface area contributed by atoms with E-state index in [1.165, 1.54) is 6.42 Å². The van der Waals surface area contributed by atoms with Gasteiger partial charge in [0.2, 0.25) is 5.91 Å². The van der Waals surface area contributed by atoms with E-state index in [-0.39, 0.29) is 18.1 Å². The first-order valence-corrected chi connectivity index (χ1v) is 8.60. The van der Waals surface area contributed by atoms with Crippen molar-refractivity contribution in [1.82, 2.24) is 10.6 Å². The maximum Gasteiger partial charge on any atom is 0.230 e. The maximum absolute atomic E-state index is 12.0. The Labute approximate surface area is 120 Å². The molecule has 0 spiro atoms. The van der Waals surface area contributed by atoms with Crippen LogP contribution >= 0.6 is 11.8 Å². The number of amides is 1. The zero-order chi connectivity index (χ0) is 13.5. The minimum absolute atomic E-state index is 0.0244. The molecule has 1 aliphatic heterocycles. The Bertz CT molecular complexity index is 283. The number of piperidine rings is 1. The Morgan fingerprint density at radius 1 is 1.16 bits per heavy atom. The van der Waals surface area contributed by atoms with Crippen LogP contribution in [-0.4, -0.2) is 47.3 Å². The molecule has 3 N–H and O–H groups in total. The summed E-state index contributed by atoms with van der Waals surface area (Å²) >= 11 is 1.77. The molecule has 1 aliphatic carbocycles. The van der Waals surface area contributed by atoms with Crippen LogP contribution in [-0.2, 0) is 4.79 Å². The van der Waals surface area contributed by atoms with Gasteiger partial charge in [0.1, 0.15) is 0 Å². The zero-order valence-electron chi connectivity index (χ0n) is 11.6. The molecule has 1 heterocycles. The van der Waals surface area contributed by atoms with Gasteiger partial charge in [-0.15, -0.1) is 11.8 Å². The summed E-state index contributed by atoms with van der Waals surface area (Å²) in [6.45, 7) is 2.14. The van der Waals surface area contributed by atoms with E-state index in [0.29, 0.717) is 11.0 Å². The van der Waals surface area contributed by atoms with Crippen molar-refractivity contribution in [1.29, 1.82) is 0 Å². The smallest absolute Gasteiger partial charge is 0.230 e. The van der Waals surface area contributed by atoms with Crippen molar-refractivity contribution in [2.24, 2.45) is 0 Å². The molecule has 2 atom stereocenters. The van der Waals surface area contributed by atoms with E-state index in [4.69, 9.17) is 0 Å². The molecular weight excluding hydrogens is 260 g/mol. The zero-order valence-corrected chi connectivity index (χ0v) is 12.4. The summed E-state index contributed by atoms with van der Waals surface area (Å²) in [5, 5.41) is 17.0. The topological polar surface area (TPSA) is 61.4 Å². The van der Waals surface area contributed by atoms with Crippen LogP contribution < -0.4 is 10.6 Å². The molecule has 2 rings (SSSR count). The molecule has 0 bridgehead atoms. The molecule has 0 aromatic carbocycles. The number of aliphatic hydroxyl groups excluding tert-OH is 1. The van der Waals surface area contributed by atoms with Crippen LogP contribution in [0.5, 0.6) is 0 Å². The first-order valence-electron chi connectivity index (χ1n) is 7.55. The van der Waals surface area contributed by atoms with Crippen molar-refractivity contribution in [2.75, 3.05) is 18.8 Å². The first kappa shape index (κ1) is 15.1. The van der Waals surface area contributed by atoms with E-state index in [2.05, 4.69) is 10.6 Å². The maximum atomic E-state index is 12.0. The van der Waals surface area contributed by atoms with E-state index in [1.807, 2.05) is 0 Å². The average Bonchev–Trinajstić information content (AvgIpc) is 2.63. The number of rotatable bonds is 4. The monoisotopic (exact) mass is 286 g/mol. The van der Waals surface area contributed by atoms with Gasteiger partial charge in [0.15, 0.2) is 0 Å². The molecular formula is C14H26N2O2S. The van der Waals surface area contributed by atoms with E-state index in [9.17, 15) is 9.90 Å². The fourth-order valence-electron chi connectivity index (χ4n) is 2.86. The van der Waals surface area contributed by atoms with E-state index < -0.39 is 0 Å². The summed E-state index contributed by atoms with van der Waals surface area (Å²) < 4.78 is 0. The fraction of sp³-hybridized carbons (Fsp3) is 0.929. The SMILES string of the molecule is O=C(CSC1CCNCC1)NC1CCCCCC1O. The van der Waals surface area contributed by atoms with E-state index >= 15 is 0 Å². The van der Waals surface area contributed by atoms with Crippen molar-refractivity contribution in [2.45, 2.75) is 62.3 Å². The van der Waals surface area contributed by atoms with Crippen molar-refractivity contribution < 1.29 is 9.90 Å². The largest absolute Gasteiger partial charge is 0.391 e. The Balaban J connectivity index is 1.67. The van der Waals surface area contributed by atoms with Crippen LogP contribution in [0.25, 0.3) is 0 Å². The molecule has 19 heavy (non-hydrogen) atoms. The number of hydrogen-bond donors (Lipinski definition) is 3. The van der Waals surface area contributed by atoms with Crippen LogP contribution in [0.3, 0.4) is 0 Å². The number of carbonyl (C=O) groups excluding carboxylic acids is 1. The normalized spacial score (nSPS) is 29.7. The highest BCUT2D eigenvalue weighted by Crippen LogP contribution is 2.21. The molecule has 0 aromatic heterocycles. The fourth-order valence-corrected chi connectivity index (χ4v) is 3.90. The summed E-state index contributed by atoms with van der Waals surface area (Å²) in [6, 6.07) is -0.0244. The van der Waals surface area contributed by atoms with Gasteiger partial charge >= 0.3 is 0 Å². The van der Waals surface area contributed by atoms with Crippen LogP contribution in [0.15, 0.2) is 0 Å². The average molecular weight is 286 g/mol. The molecule has 1 saturated heterocycles. The van der Waals surface area contributed by atoms with Gasteiger partial charge in [-0.3, -0.25) is 4.79 Å². The number of hydrogen-bond acceptors (Lipinski definition) is 4. The number of thioether (sulfide) groups is 1. The highest BCUT2D eigenvalue weighted by Gasteiger charge is 2.23. The van der Waals surface area contributed by atoms with E-state index in [0.717, 1.165) is 51.6 Å². The first-order chi connectivity index (χ1) is 9.25. The molecule has 2 fully saturated rings. The summed E-state index contributed by atoms with van der Waals surface area (Å²) in [5.41, 5.74) is 0. The molecule has 1 amide bonds. The Morgan fingerprint density at radius 2 is 1.89 bits per heavy atom. The summed E-state index contributed by atoms with van der Waals surface area (Å²) in [5.74, 6) is 0.628. The molecule has 2 unspecified atom stereocenters. The lowest BCUT2D eigenvalue weighted by molar-refractivity contribution is -0.120. The van der Waals surface area contributed by atoms with Crippen LogP contribution in [0, 0.1) is 0 Å². The van der Waals surface area contributed by atoms with Crippen molar-refractivity contribution >= 4 is 17.7 Å². The number of aliphatic hydroxyl groups is 1. The summed E-state index contributed by atoms with van der Waals surface area (Å²) in [7, 11) is 0. The molecule has 4 nitrogen and oxygen atoms in total. The lowest BCUT2D eigenvalue weighted by atomic mass is 10.1. The minimum atomic E-state index is -0.352. The Morgan fingerprint density at radius 3 is 2.68 bits per heavy atom. The van der Waals surface area contributed by atoms with Gasteiger partial charge in [0.25, 0.3) is 0 Å². The molecule has 110 valence electrons. The molecule has 5 heteroatoms. The highest BCUT2D eigenvalue weighted by atomic mass is 32.2. The van der Waals surface area contributed by atoms with Gasteiger partial charge in [0.05, 0.1) is 17.9 Å². The second kappa shape index (κ2) is 8.12. The predicted octanol–water partition coefficient (Wildman–Crippen LogP) is 1.28. The lowest BCUT2D eigenvalue weighted by Crippen LogP contribution is -2.43. The molecule has 2 aliphatic rings. The summed E-state index contributed by atoms with van der Waals surface area (Å²) in [4.78, 5) is 12.0. The lowest BCUT2D eigenvalue weighted by Gasteiger charge is -2.24. The van der Waals surface area contributed by atoms with Crippen LogP contribution in [0.1, 0.15) is 44.9 Å². The van der Waals surface area contributed by atoms with Gasteiger partial charge in [-0.1, -0.05) is 19.3 Å². The van der Waals surface area contributed by atoms with Gasteiger partial charge in [-0.25, -0.2) is 0 Å². The third-order valence-electron chi connectivity index (χ3n) is 4.06. The van der Waals surface area contributed by atoms with Crippen molar-refractivity contribution in [3.05, 3.63) is 0 Å². The van der Waals surface area contributed by atoms with Crippen LogP contribution in [0.4, 0.5) is 0 Å². The van der Waals surface area contributed by atoms with Gasteiger partial charge in [0, 0.05) is 5.25 Å². The quantitative estimate of drug-likeness (QED) is 0.681. The number of carbonyl (C=O) groups is 1. The third-order valence-corrected chi connectivity index (χ3v) is 5.43. The second-order valence-corrected chi connectivity index (χ2v) is 6.93. The predicted molar refractivity (Wildman–Crippen MR) is 79.4 cm³/mol.